The molecule has 2 amide bonds. The van der Waals surface area contributed by atoms with Gasteiger partial charge >= 0.3 is 0 Å². The molecule has 2 aliphatic heterocycles. The number of hydrogen-bond acceptors (Lipinski definition) is 4. The fraction of sp³-hybridized carbons (Fsp3) is 0.579. The van der Waals surface area contributed by atoms with E-state index in [-0.39, 0.29) is 28.4 Å². The van der Waals surface area contributed by atoms with E-state index >= 15 is 9.18 Å². The molecule has 47 heavy (non-hydrogen) atoms. The largest absolute Gasteiger partial charge is 0.390 e. The molecule has 3 fully saturated rings. The lowest BCUT2D eigenvalue weighted by molar-refractivity contribution is -0.131. The molecule has 0 radical (unpaired) electrons. The molecular weight excluding hydrogens is 636 g/mol. The SMILES string of the molecule is C#CCCCCCCCN1C(=O)[C@@]2(c3ccc(Cl)cc31)[C@@H](c1cccc(Cl)c1F)[C@H](C(=O)N[C@H]1C[C@@](C)(O)C1)N(C)C21CCCCC1. The minimum absolute atomic E-state index is 0.0393. The maximum absolute atomic E-state index is 16.4. The van der Waals surface area contributed by atoms with E-state index in [0.717, 1.165) is 69.0 Å². The van der Waals surface area contributed by atoms with Crippen molar-refractivity contribution < 1.29 is 19.1 Å². The summed E-state index contributed by atoms with van der Waals surface area (Å²) in [7, 11) is 1.94. The minimum atomic E-state index is -1.26. The number of likely N-dealkylation sites (tertiary alicyclic amines) is 1. The molecule has 252 valence electrons. The van der Waals surface area contributed by atoms with Crippen LogP contribution >= 0.6 is 23.2 Å². The number of amides is 2. The lowest BCUT2D eigenvalue weighted by Crippen LogP contribution is -2.62. The normalized spacial score (nSPS) is 29.6. The zero-order chi connectivity index (χ0) is 33.6. The Kier molecular flexibility index (Phi) is 9.73. The van der Waals surface area contributed by atoms with Crippen LogP contribution in [0.2, 0.25) is 10.0 Å². The molecule has 0 unspecified atom stereocenters. The predicted octanol–water partition coefficient (Wildman–Crippen LogP) is 7.52. The van der Waals surface area contributed by atoms with Gasteiger partial charge < -0.3 is 15.3 Å². The summed E-state index contributed by atoms with van der Waals surface area (Å²) < 4.78 is 16.4. The lowest BCUT2D eigenvalue weighted by atomic mass is 9.55. The van der Waals surface area contributed by atoms with Gasteiger partial charge in [-0.1, -0.05) is 79.9 Å². The van der Waals surface area contributed by atoms with Crippen molar-refractivity contribution in [2.24, 2.45) is 0 Å². The number of likely N-dealkylation sites (N-methyl/N-ethyl adjacent to an activating group) is 1. The van der Waals surface area contributed by atoms with Crippen LogP contribution in [-0.4, -0.2) is 58.6 Å². The van der Waals surface area contributed by atoms with Crippen molar-refractivity contribution in [3.05, 3.63) is 63.4 Å². The molecule has 6 nitrogen and oxygen atoms in total. The fourth-order valence-corrected chi connectivity index (χ4v) is 9.91. The van der Waals surface area contributed by atoms with Crippen molar-refractivity contribution in [2.75, 3.05) is 18.5 Å². The van der Waals surface area contributed by atoms with Gasteiger partial charge in [-0.15, -0.1) is 12.3 Å². The zero-order valence-corrected chi connectivity index (χ0v) is 29.0. The van der Waals surface area contributed by atoms with E-state index in [0.29, 0.717) is 37.3 Å². The molecule has 4 aliphatic rings. The Morgan fingerprint density at radius 2 is 1.79 bits per heavy atom. The number of halogens is 3. The first-order valence-corrected chi connectivity index (χ1v) is 18.0. The van der Waals surface area contributed by atoms with Crippen molar-refractivity contribution in [3.8, 4) is 12.3 Å². The molecule has 2 N–H and O–H groups in total. The number of unbranched alkanes of at least 4 members (excludes halogenated alkanes) is 5. The second-order valence-electron chi connectivity index (χ2n) is 14.5. The highest BCUT2D eigenvalue weighted by Crippen LogP contribution is 2.67. The van der Waals surface area contributed by atoms with Gasteiger partial charge in [0.15, 0.2) is 0 Å². The Hall–Kier alpha value is -2.63. The van der Waals surface area contributed by atoms with E-state index in [1.54, 1.807) is 19.1 Å². The van der Waals surface area contributed by atoms with Crippen LogP contribution < -0.4 is 10.2 Å². The van der Waals surface area contributed by atoms with Crippen molar-refractivity contribution >= 4 is 40.7 Å². The maximum atomic E-state index is 16.4. The Bertz CT molecular complexity index is 1560. The molecule has 2 heterocycles. The number of nitrogens with zero attached hydrogens (tertiary/aromatic N) is 2. The third kappa shape index (κ3) is 5.67. The average molecular weight is 683 g/mol. The highest BCUT2D eigenvalue weighted by molar-refractivity contribution is 6.31. The third-order valence-corrected chi connectivity index (χ3v) is 12.1. The predicted molar refractivity (Wildman–Crippen MR) is 185 cm³/mol. The number of carbonyl (C=O) groups excluding carboxylic acids is 2. The van der Waals surface area contributed by atoms with Crippen molar-refractivity contribution in [3.63, 3.8) is 0 Å². The maximum Gasteiger partial charge on any atom is 0.240 e. The summed E-state index contributed by atoms with van der Waals surface area (Å²) in [4.78, 5) is 34.1. The van der Waals surface area contributed by atoms with Crippen molar-refractivity contribution in [1.82, 2.24) is 10.2 Å². The Labute approximate surface area is 288 Å². The van der Waals surface area contributed by atoms with E-state index < -0.39 is 34.3 Å². The second-order valence-corrected chi connectivity index (χ2v) is 15.4. The summed E-state index contributed by atoms with van der Waals surface area (Å²) in [6.07, 6.45) is 16.1. The first-order chi connectivity index (χ1) is 22.5. The zero-order valence-electron chi connectivity index (χ0n) is 27.5. The standard InChI is InChI=1S/C38H46Cl2FN3O3/c1-4-5-6-7-8-9-13-21-44-30-22-25(39)17-18-28(30)38(35(44)46)31(27-15-14-16-29(40)32(27)41)33(34(45)42-26-23-36(2,47)24-26)43(3)37(38)19-11-10-12-20-37/h1,14-18,22,26,31,33,47H,5-13,19-21,23-24H2,2-3H3,(H,42,45)/t26-,31-,33+,36+,38+/m0/s1. The average Bonchev–Trinajstić information content (AvgIpc) is 3.39. The van der Waals surface area contributed by atoms with Crippen LogP contribution in [0.3, 0.4) is 0 Å². The van der Waals surface area contributed by atoms with Crippen LogP contribution in [0.5, 0.6) is 0 Å². The summed E-state index contributed by atoms with van der Waals surface area (Å²) in [5.74, 6) is 0.891. The monoisotopic (exact) mass is 681 g/mol. The van der Waals surface area contributed by atoms with E-state index in [2.05, 4.69) is 16.1 Å². The van der Waals surface area contributed by atoms with E-state index in [1.165, 1.54) is 6.07 Å². The van der Waals surface area contributed by atoms with Crippen LogP contribution in [-0.2, 0) is 15.0 Å². The van der Waals surface area contributed by atoms with Crippen LogP contribution in [0.25, 0.3) is 0 Å². The molecule has 2 aromatic carbocycles. The lowest BCUT2D eigenvalue weighted by Gasteiger charge is -2.50. The van der Waals surface area contributed by atoms with Gasteiger partial charge in [-0.3, -0.25) is 14.5 Å². The van der Waals surface area contributed by atoms with Crippen LogP contribution in [0.15, 0.2) is 36.4 Å². The molecule has 3 atom stereocenters. The highest BCUT2D eigenvalue weighted by atomic mass is 35.5. The van der Waals surface area contributed by atoms with E-state index in [4.69, 9.17) is 29.6 Å². The molecule has 2 aromatic rings. The van der Waals surface area contributed by atoms with Crippen molar-refractivity contribution in [2.45, 2.75) is 125 Å². The number of terminal acetylenes is 1. The van der Waals surface area contributed by atoms with Crippen LogP contribution in [0.1, 0.15) is 107 Å². The van der Waals surface area contributed by atoms with Gasteiger partial charge in [0.2, 0.25) is 11.8 Å². The van der Waals surface area contributed by atoms with Gasteiger partial charge in [0.25, 0.3) is 0 Å². The Morgan fingerprint density at radius 1 is 1.09 bits per heavy atom. The molecule has 2 spiro atoms. The van der Waals surface area contributed by atoms with Gasteiger partial charge in [-0.2, -0.15) is 0 Å². The minimum Gasteiger partial charge on any atom is -0.390 e. The van der Waals surface area contributed by atoms with Gasteiger partial charge in [0.1, 0.15) is 11.2 Å². The molecule has 6 rings (SSSR count). The summed E-state index contributed by atoms with van der Waals surface area (Å²) >= 11 is 13.1. The summed E-state index contributed by atoms with van der Waals surface area (Å²) in [6, 6.07) is 9.48. The Balaban J connectivity index is 1.49. The number of rotatable bonds is 10. The van der Waals surface area contributed by atoms with Gasteiger partial charge in [-0.25, -0.2) is 4.39 Å². The quantitative estimate of drug-likeness (QED) is 0.201. The first-order valence-electron chi connectivity index (χ1n) is 17.2. The third-order valence-electron chi connectivity index (χ3n) is 11.6. The molecule has 9 heteroatoms. The second kappa shape index (κ2) is 13.3. The number of fused-ring (bicyclic) bond motifs is 3. The number of nitrogens with one attached hydrogen (secondary N) is 1. The van der Waals surface area contributed by atoms with Gasteiger partial charge in [0, 0.05) is 41.2 Å². The molecule has 0 aromatic heterocycles. The molecule has 2 saturated carbocycles. The number of carbonyl (C=O) groups is 2. The fourth-order valence-electron chi connectivity index (χ4n) is 9.56. The van der Waals surface area contributed by atoms with Gasteiger partial charge in [0.05, 0.1) is 16.7 Å². The molecule has 2 aliphatic carbocycles. The number of aliphatic hydroxyl groups is 1. The topological polar surface area (TPSA) is 72.9 Å². The smallest absolute Gasteiger partial charge is 0.240 e. The summed E-state index contributed by atoms with van der Waals surface area (Å²) in [6.45, 7) is 2.26. The molecular formula is C38H46Cl2FN3O3. The first kappa shape index (κ1) is 34.2. The molecule has 1 saturated heterocycles. The van der Waals surface area contributed by atoms with Gasteiger partial charge in [-0.05, 0) is 81.8 Å². The van der Waals surface area contributed by atoms with Crippen LogP contribution in [0.4, 0.5) is 10.1 Å². The van der Waals surface area contributed by atoms with E-state index in [9.17, 15) is 9.90 Å². The molecule has 0 bridgehead atoms. The summed E-state index contributed by atoms with van der Waals surface area (Å²) in [5.41, 5.74) is -1.00. The van der Waals surface area contributed by atoms with Crippen LogP contribution in [0, 0.1) is 18.2 Å². The number of anilines is 1. The Morgan fingerprint density at radius 3 is 2.49 bits per heavy atom. The summed E-state index contributed by atoms with van der Waals surface area (Å²) in [5, 5.41) is 14.1. The van der Waals surface area contributed by atoms with Crippen molar-refractivity contribution in [1.29, 1.82) is 0 Å². The highest BCUT2D eigenvalue weighted by Gasteiger charge is 2.75. The van der Waals surface area contributed by atoms with E-state index in [1.807, 2.05) is 30.1 Å². The number of benzene rings is 2. The number of hydrogen-bond donors (Lipinski definition) is 2.